The monoisotopic (exact) mass is 208 g/mol. The first-order valence-corrected chi connectivity index (χ1v) is 3.91. The smallest absolute Gasteiger partial charge is 0.347 e. The highest BCUT2D eigenvalue weighted by molar-refractivity contribution is 5.24. The lowest BCUT2D eigenvalue weighted by Gasteiger charge is -2.27. The Morgan fingerprint density at radius 3 is 2.21 bits per heavy atom. The molecule has 0 amide bonds. The first-order valence-electron chi connectivity index (χ1n) is 3.91. The van der Waals surface area contributed by atoms with Gasteiger partial charge in [-0.05, 0) is 0 Å². The van der Waals surface area contributed by atoms with Crippen LogP contribution < -0.4 is 0 Å². The van der Waals surface area contributed by atoms with Crippen molar-refractivity contribution in [1.29, 1.82) is 0 Å². The van der Waals surface area contributed by atoms with Gasteiger partial charge in [-0.2, -0.15) is 0 Å². The van der Waals surface area contributed by atoms with E-state index in [0.29, 0.717) is 0 Å². The molecule has 3 aliphatic heterocycles. The fourth-order valence-corrected chi connectivity index (χ4v) is 1.79. The predicted molar refractivity (Wildman–Crippen MR) is 33.9 cm³/mol. The quantitative estimate of drug-likeness (QED) is 0.276. The predicted octanol–water partition coefficient (Wildman–Crippen LogP) is -3.85. The van der Waals surface area contributed by atoms with E-state index in [-0.39, 0.29) is 0 Å². The minimum atomic E-state index is -2.50. The summed E-state index contributed by atoms with van der Waals surface area (Å²) < 4.78 is 13.4. The number of epoxide rings is 2. The number of hydrogen-bond acceptors (Lipinski definition) is 8. The zero-order chi connectivity index (χ0) is 10.4. The Morgan fingerprint density at radius 1 is 1.00 bits per heavy atom. The SMILES string of the molecule is OC[C@H]1OC2(O)O[C@]2(O)[C@@]2(O)O[C@@]12O. The third-order valence-electron chi connectivity index (χ3n) is 2.78. The van der Waals surface area contributed by atoms with Gasteiger partial charge in [-0.1, -0.05) is 0 Å². The minimum absolute atomic E-state index is 0.708. The van der Waals surface area contributed by atoms with Gasteiger partial charge in [0.25, 0.3) is 11.6 Å². The molecule has 0 spiro atoms. The maximum atomic E-state index is 9.55. The summed E-state index contributed by atoms with van der Waals surface area (Å²) in [6.45, 7) is -0.708. The van der Waals surface area contributed by atoms with Gasteiger partial charge < -0.3 is 35.0 Å². The fraction of sp³-hybridized carbons (Fsp3) is 1.00. The summed E-state index contributed by atoms with van der Waals surface area (Å²) in [4.78, 5) is 0. The van der Waals surface area contributed by atoms with Crippen molar-refractivity contribution in [2.24, 2.45) is 0 Å². The van der Waals surface area contributed by atoms with Gasteiger partial charge in [-0.25, -0.2) is 0 Å². The molecule has 80 valence electrons. The Labute approximate surface area is 76.9 Å². The lowest BCUT2D eigenvalue weighted by molar-refractivity contribution is -0.295. The highest BCUT2D eigenvalue weighted by Crippen LogP contribution is 2.69. The molecule has 8 heteroatoms. The first-order chi connectivity index (χ1) is 6.33. The molecule has 14 heavy (non-hydrogen) atoms. The molecule has 1 unspecified atom stereocenters. The average Bonchev–Trinajstić information content (AvgIpc) is 2.86. The number of aliphatic hydroxyl groups is 5. The Hall–Kier alpha value is -0.320. The van der Waals surface area contributed by atoms with E-state index in [1.165, 1.54) is 0 Å². The average molecular weight is 208 g/mol. The van der Waals surface area contributed by atoms with Crippen LogP contribution in [0.15, 0.2) is 0 Å². The lowest BCUT2D eigenvalue weighted by Crippen LogP contribution is -2.58. The van der Waals surface area contributed by atoms with Crippen LogP contribution in [-0.4, -0.2) is 61.6 Å². The molecule has 3 fully saturated rings. The number of ether oxygens (including phenoxy) is 3. The topological polar surface area (TPSA) is 135 Å². The molecule has 0 aromatic carbocycles. The maximum Gasteiger partial charge on any atom is 0.347 e. The molecule has 0 bridgehead atoms. The third-order valence-corrected chi connectivity index (χ3v) is 2.78. The van der Waals surface area contributed by atoms with Crippen molar-refractivity contribution < 1.29 is 39.7 Å². The molecule has 3 rings (SSSR count). The number of rotatable bonds is 1. The Balaban J connectivity index is 2.02. The molecule has 0 aliphatic carbocycles. The Bertz CT molecular complexity index is 321. The molecule has 3 aliphatic rings. The molecule has 0 aromatic rings. The standard InChI is InChI=1S/C6H8O8/c7-1-2-3(8)4(9,13-3)5(10)6(11,12-2)14-5/h2,7-11H,1H2/t2-,3+,4+,5-,6?/m1/s1. The van der Waals surface area contributed by atoms with Crippen LogP contribution in [0.2, 0.25) is 0 Å². The lowest BCUT2D eigenvalue weighted by atomic mass is 9.99. The summed E-state index contributed by atoms with van der Waals surface area (Å²) >= 11 is 0. The van der Waals surface area contributed by atoms with Gasteiger partial charge >= 0.3 is 11.8 Å². The summed E-state index contributed by atoms with van der Waals surface area (Å²) in [7, 11) is 0. The van der Waals surface area contributed by atoms with Crippen molar-refractivity contribution in [1.82, 2.24) is 0 Å². The van der Waals surface area contributed by atoms with Crippen molar-refractivity contribution in [2.75, 3.05) is 6.61 Å². The first kappa shape index (κ1) is 8.95. The molecule has 3 heterocycles. The second-order valence-corrected chi connectivity index (χ2v) is 3.56. The van der Waals surface area contributed by atoms with E-state index in [1.807, 2.05) is 0 Å². The van der Waals surface area contributed by atoms with E-state index in [1.54, 1.807) is 0 Å². The molecular formula is C6H8O8. The molecule has 5 atom stereocenters. The summed E-state index contributed by atoms with van der Waals surface area (Å²) in [6, 6.07) is 0. The molecule has 3 saturated heterocycles. The van der Waals surface area contributed by atoms with Crippen LogP contribution in [-0.2, 0) is 14.2 Å². The van der Waals surface area contributed by atoms with Gasteiger partial charge in [-0.3, -0.25) is 4.74 Å². The number of aliphatic hydroxyl groups excluding tert-OH is 1. The molecule has 5 N–H and O–H groups in total. The maximum absolute atomic E-state index is 9.55. The van der Waals surface area contributed by atoms with E-state index < -0.39 is 36.0 Å². The zero-order valence-corrected chi connectivity index (χ0v) is 6.75. The third kappa shape index (κ3) is 0.586. The van der Waals surface area contributed by atoms with E-state index in [2.05, 4.69) is 14.2 Å². The van der Waals surface area contributed by atoms with Gasteiger partial charge in [0.1, 0.15) is 6.10 Å². The van der Waals surface area contributed by atoms with Crippen molar-refractivity contribution in [2.45, 2.75) is 29.4 Å². The highest BCUT2D eigenvalue weighted by Gasteiger charge is 3.01. The highest BCUT2D eigenvalue weighted by atomic mass is 17.0. The van der Waals surface area contributed by atoms with Gasteiger partial charge in [0.15, 0.2) is 0 Å². The van der Waals surface area contributed by atoms with Crippen LogP contribution in [0.3, 0.4) is 0 Å². The van der Waals surface area contributed by atoms with Crippen molar-refractivity contribution in [3.05, 3.63) is 0 Å². The van der Waals surface area contributed by atoms with Crippen LogP contribution >= 0.6 is 0 Å². The van der Waals surface area contributed by atoms with Crippen LogP contribution in [0.4, 0.5) is 0 Å². The van der Waals surface area contributed by atoms with Crippen LogP contribution in [0.5, 0.6) is 0 Å². The summed E-state index contributed by atoms with van der Waals surface area (Å²) in [5, 5.41) is 46.6. The summed E-state index contributed by atoms with van der Waals surface area (Å²) in [6.07, 6.45) is -1.39. The van der Waals surface area contributed by atoms with Crippen LogP contribution in [0.1, 0.15) is 0 Å². The van der Waals surface area contributed by atoms with Crippen molar-refractivity contribution in [3.63, 3.8) is 0 Å². The minimum Gasteiger partial charge on any atom is -0.393 e. The molecule has 0 radical (unpaired) electrons. The Morgan fingerprint density at radius 2 is 1.64 bits per heavy atom. The van der Waals surface area contributed by atoms with E-state index in [4.69, 9.17) is 5.11 Å². The number of fused-ring (bicyclic) bond motifs is 3. The summed E-state index contributed by atoms with van der Waals surface area (Å²) in [5.74, 6) is -9.64. The van der Waals surface area contributed by atoms with Gasteiger partial charge in [0, 0.05) is 0 Å². The van der Waals surface area contributed by atoms with Crippen molar-refractivity contribution in [3.8, 4) is 0 Å². The van der Waals surface area contributed by atoms with E-state index in [0.717, 1.165) is 0 Å². The zero-order valence-electron chi connectivity index (χ0n) is 6.75. The van der Waals surface area contributed by atoms with Gasteiger partial charge in [0.2, 0.25) is 0 Å². The number of hydrogen-bond donors (Lipinski definition) is 5. The summed E-state index contributed by atoms with van der Waals surface area (Å²) in [5.41, 5.74) is 0. The van der Waals surface area contributed by atoms with E-state index >= 15 is 0 Å². The molecule has 0 saturated carbocycles. The van der Waals surface area contributed by atoms with Crippen molar-refractivity contribution >= 4 is 0 Å². The molecule has 0 aromatic heterocycles. The van der Waals surface area contributed by atoms with Crippen LogP contribution in [0.25, 0.3) is 0 Å². The molecular weight excluding hydrogens is 200 g/mol. The largest absolute Gasteiger partial charge is 0.393 e. The molecule has 8 nitrogen and oxygen atoms in total. The Kier molecular flexibility index (Phi) is 1.17. The van der Waals surface area contributed by atoms with Crippen LogP contribution in [0, 0.1) is 0 Å². The fourth-order valence-electron chi connectivity index (χ4n) is 1.79. The van der Waals surface area contributed by atoms with Gasteiger partial charge in [-0.15, -0.1) is 0 Å². The van der Waals surface area contributed by atoms with E-state index in [9.17, 15) is 20.4 Å². The second-order valence-electron chi connectivity index (χ2n) is 3.56. The van der Waals surface area contributed by atoms with Gasteiger partial charge in [0.05, 0.1) is 6.61 Å². The normalized spacial score (nSPS) is 69.6. The second kappa shape index (κ2) is 1.84.